The molecule has 0 aromatic heterocycles. The molecule has 0 aliphatic rings. The summed E-state index contributed by atoms with van der Waals surface area (Å²) in [6.45, 7) is 0. The van der Waals surface area contributed by atoms with Crippen LogP contribution in [0.5, 0.6) is 0 Å². The highest BCUT2D eigenvalue weighted by Crippen LogP contribution is 2.54. The van der Waals surface area contributed by atoms with E-state index >= 15 is 0 Å². The second-order valence-electron chi connectivity index (χ2n) is 6.99. The first-order valence-electron chi connectivity index (χ1n) is 9.79. The Balaban J connectivity index is 0.00000272. The highest BCUT2D eigenvalue weighted by atomic mass is 35.5. The van der Waals surface area contributed by atoms with E-state index in [1.54, 1.807) is 24.3 Å². The molecule has 1 N–H and O–H groups in total. The predicted molar refractivity (Wildman–Crippen MR) is 129 cm³/mol. The van der Waals surface area contributed by atoms with Gasteiger partial charge in [0.1, 0.15) is 29.5 Å². The average Bonchev–Trinajstić information content (AvgIpc) is 2.82. The smallest absolute Gasteiger partial charge is 0.254 e. The third-order valence-corrected chi connectivity index (χ3v) is 9.60. The molecule has 2 nitrogen and oxygen atoms in total. The SMILES string of the molecule is O=C(NC[P+](c1ccccc1)(c1ccccc1)c1ccccc1)c1ccc(Cl)cc1.[Cl-]. The fourth-order valence-corrected chi connectivity index (χ4v) is 7.65. The number of hydrogen-bond donors (Lipinski definition) is 1. The maximum absolute atomic E-state index is 13.0. The predicted octanol–water partition coefficient (Wildman–Crippen LogP) is 2.03. The van der Waals surface area contributed by atoms with Crippen molar-refractivity contribution in [2.45, 2.75) is 0 Å². The Labute approximate surface area is 195 Å². The minimum Gasteiger partial charge on any atom is -1.00 e. The van der Waals surface area contributed by atoms with E-state index < -0.39 is 7.26 Å². The Hall–Kier alpha value is -2.64. The Bertz CT molecular complexity index is 1010. The van der Waals surface area contributed by atoms with E-state index in [1.807, 2.05) is 18.2 Å². The molecule has 0 aliphatic heterocycles. The zero-order chi connectivity index (χ0) is 20.8. The van der Waals surface area contributed by atoms with Crippen LogP contribution in [0.4, 0.5) is 0 Å². The lowest BCUT2D eigenvalue weighted by atomic mass is 10.2. The molecule has 0 fully saturated rings. The summed E-state index contributed by atoms with van der Waals surface area (Å²) in [6, 6.07) is 38.5. The summed E-state index contributed by atoms with van der Waals surface area (Å²) < 4.78 is 0. The van der Waals surface area contributed by atoms with Crippen molar-refractivity contribution in [1.82, 2.24) is 5.32 Å². The van der Waals surface area contributed by atoms with Gasteiger partial charge in [0.25, 0.3) is 5.91 Å². The van der Waals surface area contributed by atoms with Gasteiger partial charge in [0.05, 0.1) is 0 Å². The van der Waals surface area contributed by atoms with E-state index in [0.29, 0.717) is 16.9 Å². The van der Waals surface area contributed by atoms with Crippen LogP contribution in [0.25, 0.3) is 0 Å². The minimum absolute atomic E-state index is 0. The maximum atomic E-state index is 13.0. The Morgan fingerprint density at radius 1 is 0.645 bits per heavy atom. The second kappa shape index (κ2) is 10.6. The molecule has 4 rings (SSSR count). The van der Waals surface area contributed by atoms with Crippen LogP contribution in [0.3, 0.4) is 0 Å². The van der Waals surface area contributed by atoms with Gasteiger partial charge < -0.3 is 17.7 Å². The average molecular weight is 466 g/mol. The van der Waals surface area contributed by atoms with Gasteiger partial charge in [0, 0.05) is 10.6 Å². The van der Waals surface area contributed by atoms with Crippen LogP contribution in [0.15, 0.2) is 115 Å². The molecule has 0 saturated carbocycles. The molecule has 0 unspecified atom stereocenters. The highest BCUT2D eigenvalue weighted by molar-refractivity contribution is 7.95. The molecule has 0 atom stereocenters. The topological polar surface area (TPSA) is 29.1 Å². The van der Waals surface area contributed by atoms with Gasteiger partial charge in [0.15, 0.2) is 0 Å². The lowest BCUT2D eigenvalue weighted by molar-refractivity contribution is -0.0000139. The fraction of sp³-hybridized carbons (Fsp3) is 0.0385. The molecular formula is C26H22Cl2NOP. The zero-order valence-electron chi connectivity index (χ0n) is 16.8. The normalized spacial score (nSPS) is 10.7. The number of carbonyl (C=O) groups excluding carboxylic acids is 1. The van der Waals surface area contributed by atoms with Crippen molar-refractivity contribution in [1.29, 1.82) is 0 Å². The summed E-state index contributed by atoms with van der Waals surface area (Å²) in [6.07, 6.45) is 0.534. The number of carbonyl (C=O) groups is 1. The molecule has 0 aliphatic carbocycles. The van der Waals surface area contributed by atoms with E-state index in [9.17, 15) is 4.79 Å². The summed E-state index contributed by atoms with van der Waals surface area (Å²) >= 11 is 5.98. The van der Waals surface area contributed by atoms with Gasteiger partial charge in [-0.25, -0.2) is 0 Å². The molecule has 0 saturated heterocycles. The van der Waals surface area contributed by atoms with Gasteiger partial charge in [-0.05, 0) is 60.7 Å². The number of rotatable bonds is 6. The number of hydrogen-bond acceptors (Lipinski definition) is 1. The first-order chi connectivity index (χ1) is 14.7. The first-order valence-corrected chi connectivity index (χ1v) is 12.1. The first kappa shape index (κ1) is 23.0. The quantitative estimate of drug-likeness (QED) is 0.433. The summed E-state index contributed by atoms with van der Waals surface area (Å²) in [5, 5.41) is 7.54. The van der Waals surface area contributed by atoms with Crippen molar-refractivity contribution >= 4 is 40.7 Å². The standard InChI is InChI=1S/C26H21ClNOP.ClH/c27-22-18-16-21(17-19-22)26(29)28-20-30(23-10-4-1-5-11-23,24-12-6-2-7-13-24)25-14-8-3-9-15-25;/h1-19H,20H2;1H. The molecule has 31 heavy (non-hydrogen) atoms. The van der Waals surface area contributed by atoms with Gasteiger partial charge >= 0.3 is 0 Å². The molecule has 156 valence electrons. The van der Waals surface area contributed by atoms with Crippen molar-refractivity contribution in [3.05, 3.63) is 126 Å². The van der Waals surface area contributed by atoms with Crippen LogP contribution in [-0.2, 0) is 0 Å². The molecular weight excluding hydrogens is 444 g/mol. The van der Waals surface area contributed by atoms with Crippen LogP contribution in [0, 0.1) is 0 Å². The van der Waals surface area contributed by atoms with Crippen LogP contribution >= 0.6 is 18.9 Å². The molecule has 5 heteroatoms. The Kier molecular flexibility index (Phi) is 7.87. The molecule has 0 radical (unpaired) electrons. The maximum Gasteiger partial charge on any atom is 0.254 e. The lowest BCUT2D eigenvalue weighted by Gasteiger charge is -2.27. The number of benzene rings is 4. The highest BCUT2D eigenvalue weighted by Gasteiger charge is 2.45. The number of nitrogens with one attached hydrogen (secondary N) is 1. The molecule has 1 amide bonds. The van der Waals surface area contributed by atoms with E-state index in [1.165, 1.54) is 15.9 Å². The van der Waals surface area contributed by atoms with Gasteiger partial charge in [-0.3, -0.25) is 4.79 Å². The van der Waals surface area contributed by atoms with Gasteiger partial charge in [0.2, 0.25) is 0 Å². The van der Waals surface area contributed by atoms with Crippen molar-refractivity contribution < 1.29 is 17.2 Å². The minimum atomic E-state index is -2.10. The monoisotopic (exact) mass is 465 g/mol. The summed E-state index contributed by atoms with van der Waals surface area (Å²) in [5.41, 5.74) is 0.603. The van der Waals surface area contributed by atoms with Crippen molar-refractivity contribution in [2.75, 3.05) is 6.29 Å². The fourth-order valence-electron chi connectivity index (χ4n) is 3.66. The number of halogens is 2. The number of amides is 1. The van der Waals surface area contributed by atoms with Crippen LogP contribution in [0.2, 0.25) is 5.02 Å². The summed E-state index contributed by atoms with van der Waals surface area (Å²) in [5.74, 6) is -0.0983. The Morgan fingerprint density at radius 3 is 1.42 bits per heavy atom. The molecule has 0 spiro atoms. The zero-order valence-corrected chi connectivity index (χ0v) is 19.2. The van der Waals surface area contributed by atoms with E-state index in [0.717, 1.165) is 0 Å². The van der Waals surface area contributed by atoms with Gasteiger partial charge in [-0.2, -0.15) is 0 Å². The van der Waals surface area contributed by atoms with E-state index in [4.69, 9.17) is 11.6 Å². The third-order valence-electron chi connectivity index (χ3n) is 5.17. The molecule has 0 heterocycles. The van der Waals surface area contributed by atoms with Crippen molar-refractivity contribution in [3.63, 3.8) is 0 Å². The Morgan fingerprint density at radius 2 is 1.03 bits per heavy atom. The summed E-state index contributed by atoms with van der Waals surface area (Å²) in [4.78, 5) is 13.0. The van der Waals surface area contributed by atoms with Crippen LogP contribution in [-0.4, -0.2) is 12.2 Å². The van der Waals surface area contributed by atoms with E-state index in [-0.39, 0.29) is 18.3 Å². The van der Waals surface area contributed by atoms with Gasteiger partial charge in [-0.1, -0.05) is 66.2 Å². The lowest BCUT2D eigenvalue weighted by Crippen LogP contribution is -3.00. The molecule has 4 aromatic rings. The molecule has 4 aromatic carbocycles. The van der Waals surface area contributed by atoms with Crippen LogP contribution < -0.4 is 33.6 Å². The van der Waals surface area contributed by atoms with E-state index in [2.05, 4.69) is 78.1 Å². The van der Waals surface area contributed by atoms with Gasteiger partial charge in [-0.15, -0.1) is 0 Å². The second-order valence-corrected chi connectivity index (χ2v) is 10.9. The van der Waals surface area contributed by atoms with Crippen molar-refractivity contribution in [2.24, 2.45) is 0 Å². The summed E-state index contributed by atoms with van der Waals surface area (Å²) in [7, 11) is -2.10. The largest absolute Gasteiger partial charge is 1.00 e. The third kappa shape index (κ3) is 4.99. The van der Waals surface area contributed by atoms with Crippen LogP contribution in [0.1, 0.15) is 10.4 Å². The molecule has 0 bridgehead atoms. The van der Waals surface area contributed by atoms with Crippen molar-refractivity contribution in [3.8, 4) is 0 Å².